The number of nitro benzene ring substituents is 1. The van der Waals surface area contributed by atoms with Gasteiger partial charge in [-0.1, -0.05) is 23.8 Å². The van der Waals surface area contributed by atoms with Crippen molar-refractivity contribution >= 4 is 28.9 Å². The molecule has 1 aliphatic heterocycles. The van der Waals surface area contributed by atoms with Crippen molar-refractivity contribution in [3.63, 3.8) is 0 Å². The average molecular weight is 353 g/mol. The highest BCUT2D eigenvalue weighted by Crippen LogP contribution is 2.27. The van der Waals surface area contributed by atoms with Crippen LogP contribution in [0.5, 0.6) is 0 Å². The van der Waals surface area contributed by atoms with Crippen molar-refractivity contribution < 1.29 is 14.5 Å². The molecule has 1 saturated heterocycles. The number of hydrogen-bond donors (Lipinski definition) is 1. The van der Waals surface area contributed by atoms with Crippen LogP contribution in [0.3, 0.4) is 0 Å². The zero-order valence-electron chi connectivity index (χ0n) is 14.6. The Morgan fingerprint density at radius 2 is 1.88 bits per heavy atom. The normalized spacial score (nSPS) is 16.6. The lowest BCUT2D eigenvalue weighted by Crippen LogP contribution is -2.28. The van der Waals surface area contributed by atoms with Gasteiger partial charge in [-0.25, -0.2) is 0 Å². The highest BCUT2D eigenvalue weighted by Gasteiger charge is 2.35. The van der Waals surface area contributed by atoms with Gasteiger partial charge in [0, 0.05) is 36.0 Å². The fourth-order valence-electron chi connectivity index (χ4n) is 2.99. The molecule has 1 atom stereocenters. The minimum absolute atomic E-state index is 0.0495. The second kappa shape index (κ2) is 6.95. The monoisotopic (exact) mass is 353 g/mol. The molecule has 2 aromatic rings. The largest absolute Gasteiger partial charge is 0.326 e. The Bertz CT molecular complexity index is 877. The molecule has 0 bridgehead atoms. The lowest BCUT2D eigenvalue weighted by molar-refractivity contribution is -0.385. The standard InChI is InChI=1S/C19H19N3O4/c1-12-3-7-16(8-4-12)21-11-14(9-18(21)23)19(24)20-15-6-5-13(2)17(10-15)22(25)26/h3-8,10,14H,9,11H2,1-2H3,(H,20,24). The first-order valence-electron chi connectivity index (χ1n) is 8.28. The second-order valence-corrected chi connectivity index (χ2v) is 6.49. The fourth-order valence-corrected chi connectivity index (χ4v) is 2.99. The molecule has 2 aromatic carbocycles. The summed E-state index contributed by atoms with van der Waals surface area (Å²) in [6, 6.07) is 12.1. The molecular weight excluding hydrogens is 334 g/mol. The van der Waals surface area contributed by atoms with Crippen LogP contribution in [0.2, 0.25) is 0 Å². The molecule has 7 nitrogen and oxygen atoms in total. The molecule has 0 aromatic heterocycles. The van der Waals surface area contributed by atoms with E-state index in [2.05, 4.69) is 5.32 Å². The van der Waals surface area contributed by atoms with Gasteiger partial charge in [0.25, 0.3) is 5.69 Å². The molecule has 1 unspecified atom stereocenters. The smallest absolute Gasteiger partial charge is 0.274 e. The minimum atomic E-state index is -0.496. The lowest BCUT2D eigenvalue weighted by atomic mass is 10.1. The molecule has 1 aliphatic rings. The van der Waals surface area contributed by atoms with Crippen molar-refractivity contribution in [3.05, 3.63) is 63.7 Å². The van der Waals surface area contributed by atoms with Crippen LogP contribution in [0.4, 0.5) is 17.1 Å². The second-order valence-electron chi connectivity index (χ2n) is 6.49. The molecule has 2 amide bonds. The fraction of sp³-hybridized carbons (Fsp3) is 0.263. The first-order valence-corrected chi connectivity index (χ1v) is 8.28. The molecule has 0 saturated carbocycles. The number of rotatable bonds is 4. The number of nitrogens with zero attached hydrogens (tertiary/aromatic N) is 2. The lowest BCUT2D eigenvalue weighted by Gasteiger charge is -2.17. The Balaban J connectivity index is 1.71. The number of nitro groups is 1. The van der Waals surface area contributed by atoms with Crippen LogP contribution < -0.4 is 10.2 Å². The summed E-state index contributed by atoms with van der Waals surface area (Å²) in [7, 11) is 0. The van der Waals surface area contributed by atoms with Gasteiger partial charge >= 0.3 is 0 Å². The van der Waals surface area contributed by atoms with E-state index in [1.54, 1.807) is 24.0 Å². The topological polar surface area (TPSA) is 92.6 Å². The van der Waals surface area contributed by atoms with E-state index in [0.717, 1.165) is 11.3 Å². The number of amides is 2. The molecule has 3 rings (SSSR count). The predicted octanol–water partition coefficient (Wildman–Crippen LogP) is 3.20. The quantitative estimate of drug-likeness (QED) is 0.675. The van der Waals surface area contributed by atoms with Crippen molar-refractivity contribution in [1.82, 2.24) is 0 Å². The first-order chi connectivity index (χ1) is 12.3. The van der Waals surface area contributed by atoms with Gasteiger partial charge in [-0.2, -0.15) is 0 Å². The van der Waals surface area contributed by atoms with Crippen molar-refractivity contribution in [2.45, 2.75) is 20.3 Å². The van der Waals surface area contributed by atoms with Gasteiger partial charge in [0.2, 0.25) is 11.8 Å². The third-order valence-electron chi connectivity index (χ3n) is 4.51. The minimum Gasteiger partial charge on any atom is -0.326 e. The number of carbonyl (C=O) groups excluding carboxylic acids is 2. The number of carbonyl (C=O) groups is 2. The number of benzene rings is 2. The van der Waals surface area contributed by atoms with Gasteiger partial charge < -0.3 is 10.2 Å². The SMILES string of the molecule is Cc1ccc(N2CC(C(=O)Nc3ccc(C)c([N+](=O)[O-])c3)CC2=O)cc1. The third-order valence-corrected chi connectivity index (χ3v) is 4.51. The van der Waals surface area contributed by atoms with Gasteiger partial charge in [-0.3, -0.25) is 19.7 Å². The highest BCUT2D eigenvalue weighted by atomic mass is 16.6. The maximum Gasteiger partial charge on any atom is 0.274 e. The van der Waals surface area contributed by atoms with Crippen molar-refractivity contribution in [3.8, 4) is 0 Å². The maximum atomic E-state index is 12.5. The zero-order chi connectivity index (χ0) is 18.8. The summed E-state index contributed by atoms with van der Waals surface area (Å²) < 4.78 is 0. The van der Waals surface area contributed by atoms with E-state index in [1.807, 2.05) is 31.2 Å². The van der Waals surface area contributed by atoms with Crippen molar-refractivity contribution in [2.24, 2.45) is 5.92 Å². The van der Waals surface area contributed by atoms with Gasteiger partial charge in [0.15, 0.2) is 0 Å². The van der Waals surface area contributed by atoms with E-state index in [9.17, 15) is 19.7 Å². The Kier molecular flexibility index (Phi) is 4.71. The van der Waals surface area contributed by atoms with E-state index in [0.29, 0.717) is 17.8 Å². The molecule has 134 valence electrons. The summed E-state index contributed by atoms with van der Waals surface area (Å²) >= 11 is 0. The van der Waals surface area contributed by atoms with Gasteiger partial charge in [-0.15, -0.1) is 0 Å². The Morgan fingerprint density at radius 1 is 1.19 bits per heavy atom. The average Bonchev–Trinajstić information content (AvgIpc) is 2.99. The van der Waals surface area contributed by atoms with Crippen LogP contribution in [0.15, 0.2) is 42.5 Å². The van der Waals surface area contributed by atoms with Crippen LogP contribution in [0.25, 0.3) is 0 Å². The molecule has 1 fully saturated rings. The van der Waals surface area contributed by atoms with Crippen LogP contribution >= 0.6 is 0 Å². The van der Waals surface area contributed by atoms with Gasteiger partial charge in [-0.05, 0) is 32.0 Å². The van der Waals surface area contributed by atoms with Crippen molar-refractivity contribution in [2.75, 3.05) is 16.8 Å². The van der Waals surface area contributed by atoms with E-state index in [-0.39, 0.29) is 23.9 Å². The van der Waals surface area contributed by atoms with Gasteiger partial charge in [0.05, 0.1) is 10.8 Å². The predicted molar refractivity (Wildman–Crippen MR) is 98.1 cm³/mol. The Hall–Kier alpha value is -3.22. The van der Waals surface area contributed by atoms with Crippen LogP contribution in [-0.2, 0) is 9.59 Å². The molecule has 0 aliphatic carbocycles. The summed E-state index contributed by atoms with van der Waals surface area (Å²) in [5, 5.41) is 13.7. The number of anilines is 2. The first kappa shape index (κ1) is 17.6. The van der Waals surface area contributed by atoms with Crippen LogP contribution in [0.1, 0.15) is 17.5 Å². The molecule has 7 heteroatoms. The molecule has 0 spiro atoms. The number of hydrogen-bond acceptors (Lipinski definition) is 4. The van der Waals surface area contributed by atoms with Crippen LogP contribution in [-0.4, -0.2) is 23.3 Å². The van der Waals surface area contributed by atoms with Crippen LogP contribution in [0, 0.1) is 29.9 Å². The Labute approximate surface area is 150 Å². The third kappa shape index (κ3) is 3.56. The van der Waals surface area contributed by atoms with E-state index >= 15 is 0 Å². The van der Waals surface area contributed by atoms with Crippen molar-refractivity contribution in [1.29, 1.82) is 0 Å². The maximum absolute atomic E-state index is 12.5. The summed E-state index contributed by atoms with van der Waals surface area (Å²) in [6.07, 6.45) is 0.119. The van der Waals surface area contributed by atoms with E-state index in [1.165, 1.54) is 6.07 Å². The summed E-state index contributed by atoms with van der Waals surface area (Å²) in [5.41, 5.74) is 2.69. The molecule has 26 heavy (non-hydrogen) atoms. The Morgan fingerprint density at radius 3 is 2.54 bits per heavy atom. The van der Waals surface area contributed by atoms with E-state index in [4.69, 9.17) is 0 Å². The molecule has 1 heterocycles. The summed E-state index contributed by atoms with van der Waals surface area (Å²) in [6.45, 7) is 3.90. The highest BCUT2D eigenvalue weighted by molar-refractivity contribution is 6.03. The molecule has 1 N–H and O–H groups in total. The zero-order valence-corrected chi connectivity index (χ0v) is 14.6. The summed E-state index contributed by atoms with van der Waals surface area (Å²) in [5.74, 6) is -0.917. The number of aryl methyl sites for hydroxylation is 2. The number of nitrogens with one attached hydrogen (secondary N) is 1. The summed E-state index contributed by atoms with van der Waals surface area (Å²) in [4.78, 5) is 36.9. The van der Waals surface area contributed by atoms with E-state index < -0.39 is 10.8 Å². The van der Waals surface area contributed by atoms with Gasteiger partial charge in [0.1, 0.15) is 0 Å². The molecular formula is C19H19N3O4. The molecule has 0 radical (unpaired) electrons.